The van der Waals surface area contributed by atoms with Gasteiger partial charge >= 0.3 is 5.97 Å². The third kappa shape index (κ3) is 5.60. The summed E-state index contributed by atoms with van der Waals surface area (Å²) in [6, 6.07) is 14.3. The van der Waals surface area contributed by atoms with Crippen LogP contribution in [0.3, 0.4) is 0 Å². The number of carbonyl (C=O) groups is 1. The van der Waals surface area contributed by atoms with Gasteiger partial charge in [0.15, 0.2) is 0 Å². The number of hydrogen-bond donors (Lipinski definition) is 3. The van der Waals surface area contributed by atoms with Crippen molar-refractivity contribution in [3.05, 3.63) is 59.2 Å². The Morgan fingerprint density at radius 2 is 1.97 bits per heavy atom. The molecule has 2 aliphatic rings. The maximum atomic E-state index is 11.5. The lowest BCUT2D eigenvalue weighted by Gasteiger charge is -2.28. The summed E-state index contributed by atoms with van der Waals surface area (Å²) in [6.45, 7) is 8.86. The van der Waals surface area contributed by atoms with Crippen LogP contribution in [-0.4, -0.2) is 52.8 Å². The van der Waals surface area contributed by atoms with E-state index in [4.69, 9.17) is 9.47 Å². The number of nitrogens with one attached hydrogen (secondary N) is 1. The van der Waals surface area contributed by atoms with Crippen LogP contribution in [0.25, 0.3) is 0 Å². The number of carboxylic acid groups (broad SMARTS) is 1. The molecule has 1 aliphatic heterocycles. The molecular weight excluding hydrogens is 450 g/mol. The molecule has 5 atom stereocenters. The van der Waals surface area contributed by atoms with E-state index in [1.165, 1.54) is 4.90 Å². The molecule has 1 heterocycles. The van der Waals surface area contributed by atoms with Crippen molar-refractivity contribution < 1.29 is 24.5 Å². The van der Waals surface area contributed by atoms with Crippen LogP contribution in [0.1, 0.15) is 55.9 Å². The predicted octanol–water partition coefficient (Wildman–Crippen LogP) is 4.54. The first-order valence-corrected chi connectivity index (χ1v) is 12.9. The first kappa shape index (κ1) is 25.0. The van der Waals surface area contributed by atoms with Gasteiger partial charge < -0.3 is 25.0 Å². The molecule has 2 aromatic rings. The van der Waals surface area contributed by atoms with Crippen molar-refractivity contribution in [2.75, 3.05) is 18.9 Å². The van der Waals surface area contributed by atoms with E-state index in [0.29, 0.717) is 6.54 Å². The number of rotatable bonds is 12. The number of β-amino-alcohol motifs (C(OH)–C–C–N with tert-alkyl or cyclic N) is 1. The van der Waals surface area contributed by atoms with E-state index in [9.17, 15) is 15.0 Å². The van der Waals surface area contributed by atoms with Gasteiger partial charge in [-0.3, -0.25) is 4.79 Å². The number of thioether (sulfide) groups is 1. The Morgan fingerprint density at radius 1 is 1.24 bits per heavy atom. The minimum absolute atomic E-state index is 0.101. The molecule has 0 bridgehead atoms. The average molecular weight is 486 g/mol. The van der Waals surface area contributed by atoms with Gasteiger partial charge in [0, 0.05) is 28.5 Å². The average Bonchev–Trinajstić information content (AvgIpc) is 3.39. The van der Waals surface area contributed by atoms with Crippen molar-refractivity contribution in [2.45, 2.75) is 68.8 Å². The van der Waals surface area contributed by atoms with Crippen LogP contribution in [0.4, 0.5) is 0 Å². The van der Waals surface area contributed by atoms with Gasteiger partial charge in [-0.1, -0.05) is 30.3 Å². The Balaban J connectivity index is 1.25. The van der Waals surface area contributed by atoms with Gasteiger partial charge in [-0.15, -0.1) is 11.8 Å². The highest BCUT2D eigenvalue weighted by molar-refractivity contribution is 7.99. The van der Waals surface area contributed by atoms with E-state index in [1.54, 1.807) is 0 Å². The van der Waals surface area contributed by atoms with E-state index in [1.807, 2.05) is 43.8 Å². The zero-order chi connectivity index (χ0) is 24.5. The Kier molecular flexibility index (Phi) is 7.57. The van der Waals surface area contributed by atoms with E-state index in [0.717, 1.165) is 34.6 Å². The third-order valence-electron chi connectivity index (χ3n) is 6.78. The quantitative estimate of drug-likeness (QED) is 0.380. The highest BCUT2D eigenvalue weighted by atomic mass is 32.2. The molecule has 7 heteroatoms. The number of aliphatic carboxylic acids is 1. The van der Waals surface area contributed by atoms with Crippen LogP contribution in [0.15, 0.2) is 47.4 Å². The summed E-state index contributed by atoms with van der Waals surface area (Å²) in [6.07, 6.45) is -0.203. The summed E-state index contributed by atoms with van der Waals surface area (Å²) < 4.78 is 12.0. The molecule has 4 rings (SSSR count). The first-order valence-electron chi connectivity index (χ1n) is 11.9. The molecule has 3 N–H and O–H groups in total. The summed E-state index contributed by atoms with van der Waals surface area (Å²) >= 11 is 1.84. The number of fused-ring (bicyclic) bond motifs is 3. The third-order valence-corrected chi connectivity index (χ3v) is 7.80. The molecule has 184 valence electrons. The number of hydrogen-bond acceptors (Lipinski definition) is 6. The fourth-order valence-electron chi connectivity index (χ4n) is 4.61. The highest BCUT2D eigenvalue weighted by Crippen LogP contribution is 2.61. The fourth-order valence-corrected chi connectivity index (χ4v) is 5.81. The van der Waals surface area contributed by atoms with Crippen LogP contribution >= 0.6 is 11.8 Å². The van der Waals surface area contributed by atoms with Crippen LogP contribution in [0.5, 0.6) is 5.75 Å². The maximum absolute atomic E-state index is 11.5. The maximum Gasteiger partial charge on any atom is 0.311 e. The molecule has 0 saturated heterocycles. The predicted molar refractivity (Wildman–Crippen MR) is 134 cm³/mol. The number of aliphatic hydroxyl groups excluding tert-OH is 1. The second-order valence-electron chi connectivity index (χ2n) is 9.99. The minimum Gasteiger partial charge on any atom is -0.488 e. The Labute approximate surface area is 206 Å². The van der Waals surface area contributed by atoms with Crippen LogP contribution in [-0.2, 0) is 9.53 Å². The Hall–Kier alpha value is -2.06. The van der Waals surface area contributed by atoms with Crippen molar-refractivity contribution in [1.29, 1.82) is 0 Å². The molecule has 1 aliphatic carbocycles. The van der Waals surface area contributed by atoms with Gasteiger partial charge in [0.05, 0.1) is 18.8 Å². The summed E-state index contributed by atoms with van der Waals surface area (Å²) in [5, 5.41) is 23.4. The second kappa shape index (κ2) is 10.3. The molecule has 6 nitrogen and oxygen atoms in total. The number of aryl methyl sites for hydroxylation is 1. The number of benzene rings is 2. The molecule has 0 amide bonds. The zero-order valence-electron chi connectivity index (χ0n) is 20.3. The van der Waals surface area contributed by atoms with Gasteiger partial charge in [0.25, 0.3) is 0 Å². The zero-order valence-corrected chi connectivity index (χ0v) is 21.1. The molecule has 0 radical (unpaired) electrons. The van der Waals surface area contributed by atoms with Gasteiger partial charge in [-0.25, -0.2) is 0 Å². The minimum atomic E-state index is -0.812. The number of ether oxygens (including phenoxy) is 2. The second-order valence-corrected chi connectivity index (χ2v) is 11.2. The molecule has 0 spiro atoms. The largest absolute Gasteiger partial charge is 0.488 e. The summed E-state index contributed by atoms with van der Waals surface area (Å²) in [7, 11) is 0. The smallest absolute Gasteiger partial charge is 0.311 e. The molecule has 2 aromatic carbocycles. The van der Waals surface area contributed by atoms with Crippen molar-refractivity contribution >= 4 is 17.7 Å². The van der Waals surface area contributed by atoms with Gasteiger partial charge in [-0.05, 0) is 63.1 Å². The fraction of sp³-hybridized carbons (Fsp3) is 0.519. The van der Waals surface area contributed by atoms with Gasteiger partial charge in [0.2, 0.25) is 0 Å². The van der Waals surface area contributed by atoms with Gasteiger partial charge in [-0.2, -0.15) is 0 Å². The highest BCUT2D eigenvalue weighted by Gasteiger charge is 2.64. The van der Waals surface area contributed by atoms with Crippen molar-refractivity contribution in [3.8, 4) is 5.75 Å². The SMILES string of the molecule is Cc1ccc([C@@H](C)OC[C@H](O)CNC(C)(C)CCSc2ccccc2)c2c1O[C@@H]1[C@@H](C(=O)O)[C@H]21. The van der Waals surface area contributed by atoms with E-state index < -0.39 is 18.0 Å². The van der Waals surface area contributed by atoms with Crippen molar-refractivity contribution in [1.82, 2.24) is 5.32 Å². The number of carboxylic acids is 1. The van der Waals surface area contributed by atoms with Gasteiger partial charge in [0.1, 0.15) is 17.8 Å². The topological polar surface area (TPSA) is 88.0 Å². The lowest BCUT2D eigenvalue weighted by molar-refractivity contribution is -0.139. The summed E-state index contributed by atoms with van der Waals surface area (Å²) in [5.41, 5.74) is 2.83. The molecule has 34 heavy (non-hydrogen) atoms. The monoisotopic (exact) mass is 485 g/mol. The molecule has 1 saturated carbocycles. The lowest BCUT2D eigenvalue weighted by Crippen LogP contribution is -2.44. The van der Waals surface area contributed by atoms with E-state index in [-0.39, 0.29) is 30.3 Å². The van der Waals surface area contributed by atoms with Crippen LogP contribution in [0, 0.1) is 12.8 Å². The first-order chi connectivity index (χ1) is 16.2. The molecule has 0 aromatic heterocycles. The molecule has 1 fully saturated rings. The van der Waals surface area contributed by atoms with Crippen molar-refractivity contribution in [3.63, 3.8) is 0 Å². The van der Waals surface area contributed by atoms with E-state index >= 15 is 0 Å². The summed E-state index contributed by atoms with van der Waals surface area (Å²) in [4.78, 5) is 12.8. The molecule has 0 unspecified atom stereocenters. The lowest BCUT2D eigenvalue weighted by atomic mass is 9.95. The van der Waals surface area contributed by atoms with Crippen molar-refractivity contribution in [2.24, 2.45) is 5.92 Å². The van der Waals surface area contributed by atoms with Crippen LogP contribution in [0.2, 0.25) is 0 Å². The standard InChI is InChI=1S/C27H35NO5S/c1-16-10-11-20(21-22-23(26(30)31)25(22)33-24(16)21)17(2)32-15-18(29)14-28-27(3,4)12-13-34-19-8-6-5-7-9-19/h5-11,17-18,22-23,25,28-29H,12-15H2,1-4H3,(H,30,31)/t17-,18-,22+,23+,25+/m1/s1. The molecular formula is C27H35NO5S. The number of aliphatic hydroxyl groups is 1. The summed E-state index contributed by atoms with van der Waals surface area (Å²) in [5.74, 6) is 0.408. The van der Waals surface area contributed by atoms with Crippen LogP contribution < -0.4 is 10.1 Å². The van der Waals surface area contributed by atoms with E-state index in [2.05, 4.69) is 43.4 Å². The Morgan fingerprint density at radius 3 is 2.68 bits per heavy atom. The Bertz CT molecular complexity index is 1010. The normalized spacial score (nSPS) is 22.4.